The Kier molecular flexibility index (Phi) is 9.52. The van der Waals surface area contributed by atoms with E-state index in [0.29, 0.717) is 39.2 Å². The van der Waals surface area contributed by atoms with E-state index in [9.17, 15) is 9.59 Å². The highest BCUT2D eigenvalue weighted by molar-refractivity contribution is 14.1. The third-order valence-electron chi connectivity index (χ3n) is 3.61. The monoisotopic (exact) mass is 412 g/mol. The van der Waals surface area contributed by atoms with Crippen molar-refractivity contribution < 1.29 is 12.7 Å². The van der Waals surface area contributed by atoms with Crippen molar-refractivity contribution in [3.05, 3.63) is 0 Å². The summed E-state index contributed by atoms with van der Waals surface area (Å²) in [6.07, 6.45) is 2.24. The Balaban J connectivity index is 2.63. The highest BCUT2D eigenvalue weighted by atomic mass is 127. The smallest absolute Gasteiger partial charge is 0.162 e. The maximum absolute atomic E-state index is 12.4. The zero-order valence-corrected chi connectivity index (χ0v) is 14.3. The summed E-state index contributed by atoms with van der Waals surface area (Å²) in [5.41, 5.74) is 10.9. The molecular formula is C13H25IN4O3. The van der Waals surface area contributed by atoms with Crippen molar-refractivity contribution in [1.29, 1.82) is 0 Å². The topological polar surface area (TPSA) is 119 Å². The lowest BCUT2D eigenvalue weighted by Gasteiger charge is -2.19. The van der Waals surface area contributed by atoms with Crippen molar-refractivity contribution in [2.75, 3.05) is 32.8 Å². The van der Waals surface area contributed by atoms with Gasteiger partial charge in [-0.25, -0.2) is 0 Å². The van der Waals surface area contributed by atoms with Gasteiger partial charge in [0.05, 0.1) is 24.6 Å². The Morgan fingerprint density at radius 3 is 1.95 bits per heavy atom. The Hall–Kier alpha value is -0.130. The van der Waals surface area contributed by atoms with E-state index in [1.807, 2.05) is 23.0 Å². The molecule has 21 heavy (non-hydrogen) atoms. The Labute approximate surface area is 139 Å². The summed E-state index contributed by atoms with van der Waals surface area (Å²) in [6, 6.07) is -0.975. The number of nitrogens with two attached hydrogens (primary N) is 2. The summed E-state index contributed by atoms with van der Waals surface area (Å²) >= 11 is 1.84. The van der Waals surface area contributed by atoms with Crippen LogP contribution in [0.15, 0.2) is 0 Å². The molecule has 2 atom stereocenters. The van der Waals surface area contributed by atoms with E-state index in [1.54, 1.807) is 0 Å². The molecule has 0 aromatic carbocycles. The number of ketones is 2. The highest BCUT2D eigenvalue weighted by Crippen LogP contribution is 2.24. The second-order valence-electron chi connectivity index (χ2n) is 5.11. The van der Waals surface area contributed by atoms with E-state index in [2.05, 4.69) is 10.6 Å². The van der Waals surface area contributed by atoms with Crippen LogP contribution in [0.4, 0.5) is 0 Å². The van der Waals surface area contributed by atoms with Crippen molar-refractivity contribution in [1.82, 2.24) is 10.6 Å². The van der Waals surface area contributed by atoms with Crippen molar-refractivity contribution in [2.24, 2.45) is 17.4 Å². The molecule has 0 saturated heterocycles. The minimum absolute atomic E-state index is 0.0293. The van der Waals surface area contributed by atoms with E-state index in [4.69, 9.17) is 14.5 Å². The molecule has 0 aromatic rings. The zero-order valence-electron chi connectivity index (χ0n) is 12.1. The number of unbranched alkanes of at least 4 members (excludes halogenated alkanes) is 1. The normalized spacial score (nSPS) is 25.8. The van der Waals surface area contributed by atoms with E-state index >= 15 is 0 Å². The molecule has 1 fully saturated rings. The largest absolute Gasteiger partial charge is 0.329 e. The molecule has 6 N–H and O–H groups in total. The van der Waals surface area contributed by atoms with Gasteiger partial charge in [-0.2, -0.15) is 0 Å². The van der Waals surface area contributed by atoms with Crippen LogP contribution in [0.1, 0.15) is 19.3 Å². The number of carbonyl (C=O) groups is 2. The number of Topliss-reactive ketones (excluding diaryl/α,β-unsaturated/α-hetero) is 2. The quantitative estimate of drug-likeness (QED) is 0.198. The van der Waals surface area contributed by atoms with Gasteiger partial charge in [0.1, 0.15) is 23.0 Å². The summed E-state index contributed by atoms with van der Waals surface area (Å²) in [7, 11) is 0. The molecule has 8 heteroatoms. The van der Waals surface area contributed by atoms with Gasteiger partial charge in [0, 0.05) is 26.2 Å². The molecule has 7 nitrogen and oxygen atoms in total. The number of hydrogen-bond acceptors (Lipinski definition) is 7. The Morgan fingerprint density at radius 2 is 1.52 bits per heavy atom. The molecule has 1 aliphatic rings. The van der Waals surface area contributed by atoms with Crippen LogP contribution in [0.5, 0.6) is 0 Å². The lowest BCUT2D eigenvalue weighted by atomic mass is 9.98. The van der Waals surface area contributed by atoms with E-state index in [-0.39, 0.29) is 11.6 Å². The Bertz CT molecular complexity index is 317. The molecule has 1 rings (SSSR count). The number of rotatable bonds is 11. The lowest BCUT2D eigenvalue weighted by molar-refractivity contribution is -0.128. The summed E-state index contributed by atoms with van der Waals surface area (Å²) < 4.78 is 4.96. The first-order chi connectivity index (χ1) is 10.2. The molecule has 2 unspecified atom stereocenters. The Morgan fingerprint density at radius 1 is 1.00 bits per heavy atom. The molecule has 0 spiro atoms. The first-order valence-electron chi connectivity index (χ1n) is 7.35. The second-order valence-corrected chi connectivity index (χ2v) is 5.73. The minimum atomic E-state index is -0.523. The zero-order chi connectivity index (χ0) is 15.7. The van der Waals surface area contributed by atoms with Crippen molar-refractivity contribution in [3.8, 4) is 0 Å². The average Bonchev–Trinajstić information content (AvgIpc) is 2.70. The van der Waals surface area contributed by atoms with Crippen LogP contribution in [-0.2, 0) is 12.7 Å². The molecule has 0 aliphatic heterocycles. The van der Waals surface area contributed by atoms with Gasteiger partial charge in [0.15, 0.2) is 11.6 Å². The van der Waals surface area contributed by atoms with E-state index < -0.39 is 18.0 Å². The average molecular weight is 412 g/mol. The summed E-state index contributed by atoms with van der Waals surface area (Å²) in [6.45, 7) is 2.53. The van der Waals surface area contributed by atoms with Gasteiger partial charge in [-0.05, 0) is 19.3 Å². The van der Waals surface area contributed by atoms with E-state index in [0.717, 1.165) is 12.8 Å². The third kappa shape index (κ3) is 5.53. The van der Waals surface area contributed by atoms with Gasteiger partial charge in [-0.1, -0.05) is 0 Å². The van der Waals surface area contributed by atoms with Crippen LogP contribution in [0.3, 0.4) is 0 Å². The molecular weight excluding hydrogens is 387 g/mol. The van der Waals surface area contributed by atoms with Crippen LogP contribution in [0, 0.1) is 5.92 Å². The predicted octanol–water partition coefficient (Wildman–Crippen LogP) is -0.875. The number of nitrogens with one attached hydrogen (secondary N) is 2. The molecule has 0 radical (unpaired) electrons. The number of halogens is 1. The van der Waals surface area contributed by atoms with Gasteiger partial charge in [-0.3, -0.25) is 9.59 Å². The van der Waals surface area contributed by atoms with Crippen molar-refractivity contribution in [3.63, 3.8) is 0 Å². The molecule has 0 amide bonds. The maximum atomic E-state index is 12.4. The fourth-order valence-electron chi connectivity index (χ4n) is 2.61. The lowest BCUT2D eigenvalue weighted by Crippen LogP contribution is -2.52. The van der Waals surface area contributed by atoms with Crippen molar-refractivity contribution >= 4 is 34.6 Å². The van der Waals surface area contributed by atoms with Gasteiger partial charge < -0.3 is 25.2 Å². The van der Waals surface area contributed by atoms with Crippen LogP contribution >= 0.6 is 23.0 Å². The highest BCUT2D eigenvalue weighted by Gasteiger charge is 2.48. The van der Waals surface area contributed by atoms with Gasteiger partial charge in [0.25, 0.3) is 0 Å². The van der Waals surface area contributed by atoms with Crippen LogP contribution in [0.2, 0.25) is 0 Å². The molecule has 1 saturated carbocycles. The second kappa shape index (κ2) is 10.6. The minimum Gasteiger partial charge on any atom is -0.329 e. The molecule has 1 aliphatic carbocycles. The van der Waals surface area contributed by atoms with Crippen molar-refractivity contribution in [2.45, 2.75) is 31.3 Å². The fraction of sp³-hybridized carbons (Fsp3) is 0.846. The molecule has 0 heterocycles. The van der Waals surface area contributed by atoms with E-state index in [1.165, 1.54) is 0 Å². The third-order valence-corrected chi connectivity index (χ3v) is 4.06. The predicted molar refractivity (Wildman–Crippen MR) is 89.0 cm³/mol. The number of hydrogen-bond donors (Lipinski definition) is 4. The summed E-state index contributed by atoms with van der Waals surface area (Å²) in [5, 5.41) is 6.15. The SMILES string of the molecule is NCCNC1C(=O)C(CCCCOI)C(=O)C1NCCN. The fourth-order valence-corrected chi connectivity index (χ4v) is 2.92. The van der Waals surface area contributed by atoms with Crippen LogP contribution < -0.4 is 22.1 Å². The molecule has 122 valence electrons. The summed E-state index contributed by atoms with van der Waals surface area (Å²) in [4.78, 5) is 24.9. The number of carbonyl (C=O) groups excluding carboxylic acids is 2. The maximum Gasteiger partial charge on any atom is 0.162 e. The molecule has 0 bridgehead atoms. The van der Waals surface area contributed by atoms with Crippen LogP contribution in [0.25, 0.3) is 0 Å². The van der Waals surface area contributed by atoms with Crippen LogP contribution in [-0.4, -0.2) is 56.4 Å². The standard InChI is InChI=1S/C13H25IN4O3/c14-21-8-2-1-3-9-12(19)10(17-6-4-15)11(13(9)20)18-7-5-16/h9-11,17-18H,1-8,15-16H2. The van der Waals surface area contributed by atoms with Gasteiger partial charge in [0.2, 0.25) is 0 Å². The summed E-state index contributed by atoms with van der Waals surface area (Å²) in [5.74, 6) is -0.582. The molecule has 0 aromatic heterocycles. The first-order valence-corrected chi connectivity index (χ1v) is 8.23. The van der Waals surface area contributed by atoms with Gasteiger partial charge >= 0.3 is 0 Å². The first kappa shape index (κ1) is 18.9. The van der Waals surface area contributed by atoms with Gasteiger partial charge in [-0.15, -0.1) is 0 Å².